The predicted octanol–water partition coefficient (Wildman–Crippen LogP) is -0.308. The number of esters is 1. The van der Waals surface area contributed by atoms with Gasteiger partial charge in [0, 0.05) is 12.9 Å². The summed E-state index contributed by atoms with van der Waals surface area (Å²) in [6, 6.07) is -0.525. The Labute approximate surface area is 109 Å². The van der Waals surface area contributed by atoms with E-state index in [1.54, 1.807) is 25.8 Å². The first-order chi connectivity index (χ1) is 8.61. The largest absolute Gasteiger partial charge is 0.461 e. The Bertz CT molecular complexity index is 410. The van der Waals surface area contributed by atoms with Crippen molar-refractivity contribution in [2.75, 3.05) is 26.1 Å². The molecular formula is C11H16N2O4S. The molecule has 2 heterocycles. The first-order valence-electron chi connectivity index (χ1n) is 5.70. The van der Waals surface area contributed by atoms with Gasteiger partial charge in [-0.15, -0.1) is 11.8 Å². The Balaban J connectivity index is 2.30. The highest BCUT2D eigenvalue weighted by Gasteiger charge is 2.51. The number of amides is 1. The number of methoxy groups -OCH3 is 1. The van der Waals surface area contributed by atoms with Crippen molar-refractivity contribution in [3.05, 3.63) is 11.3 Å². The van der Waals surface area contributed by atoms with Crippen molar-refractivity contribution in [3.8, 4) is 0 Å². The van der Waals surface area contributed by atoms with E-state index in [1.165, 1.54) is 4.90 Å². The van der Waals surface area contributed by atoms with Gasteiger partial charge in [0.25, 0.3) is 0 Å². The molecule has 2 aliphatic rings. The van der Waals surface area contributed by atoms with Crippen LogP contribution in [0.5, 0.6) is 0 Å². The van der Waals surface area contributed by atoms with Crippen molar-refractivity contribution in [1.82, 2.24) is 4.90 Å². The zero-order valence-electron chi connectivity index (χ0n) is 10.3. The van der Waals surface area contributed by atoms with Crippen molar-refractivity contribution in [1.29, 1.82) is 0 Å². The Hall–Kier alpha value is -1.05. The highest BCUT2D eigenvalue weighted by molar-refractivity contribution is 8.00. The summed E-state index contributed by atoms with van der Waals surface area (Å²) in [7, 11) is 1.55. The van der Waals surface area contributed by atoms with E-state index in [-0.39, 0.29) is 17.9 Å². The number of rotatable bonds is 4. The molecule has 7 heteroatoms. The zero-order chi connectivity index (χ0) is 13.3. The number of carbonyl (C=O) groups is 2. The van der Waals surface area contributed by atoms with E-state index in [0.717, 1.165) is 5.57 Å². The lowest BCUT2D eigenvalue weighted by Crippen LogP contribution is -2.68. The minimum atomic E-state index is -0.525. The van der Waals surface area contributed by atoms with Crippen LogP contribution in [0.1, 0.15) is 6.92 Å². The van der Waals surface area contributed by atoms with Crippen molar-refractivity contribution >= 4 is 23.6 Å². The van der Waals surface area contributed by atoms with Gasteiger partial charge in [0.05, 0.1) is 13.2 Å². The molecule has 2 N–H and O–H groups in total. The fraction of sp³-hybridized carbons (Fsp3) is 0.636. The van der Waals surface area contributed by atoms with Crippen molar-refractivity contribution in [3.63, 3.8) is 0 Å². The number of nitrogens with two attached hydrogens (primary N) is 1. The SMILES string of the molecule is CCOC(=O)C1=C(COC)CS[C@@H]2C(N)C(=O)N12. The second-order valence-corrected chi connectivity index (χ2v) is 5.15. The van der Waals surface area contributed by atoms with Gasteiger partial charge in [-0.1, -0.05) is 0 Å². The minimum absolute atomic E-state index is 0.155. The number of hydrogen-bond donors (Lipinski definition) is 1. The van der Waals surface area contributed by atoms with Crippen LogP contribution in [0.2, 0.25) is 0 Å². The van der Waals surface area contributed by atoms with Crippen LogP contribution in [0.3, 0.4) is 0 Å². The molecule has 100 valence electrons. The van der Waals surface area contributed by atoms with Gasteiger partial charge in [-0.25, -0.2) is 4.79 Å². The summed E-state index contributed by atoms with van der Waals surface area (Å²) in [6.07, 6.45) is 0. The van der Waals surface area contributed by atoms with Crippen LogP contribution in [0, 0.1) is 0 Å². The van der Waals surface area contributed by atoms with Gasteiger partial charge < -0.3 is 15.2 Å². The molecule has 0 bridgehead atoms. The number of ether oxygens (including phenoxy) is 2. The Kier molecular flexibility index (Phi) is 3.94. The maximum atomic E-state index is 11.9. The molecule has 0 radical (unpaired) electrons. The molecule has 1 fully saturated rings. The van der Waals surface area contributed by atoms with Gasteiger partial charge in [-0.2, -0.15) is 0 Å². The van der Waals surface area contributed by atoms with Crippen molar-refractivity contribution < 1.29 is 19.1 Å². The van der Waals surface area contributed by atoms with Crippen LogP contribution in [0.15, 0.2) is 11.3 Å². The van der Waals surface area contributed by atoms with Crippen LogP contribution >= 0.6 is 11.8 Å². The smallest absolute Gasteiger partial charge is 0.355 e. The average molecular weight is 272 g/mol. The van der Waals surface area contributed by atoms with Crippen LogP contribution in [-0.2, 0) is 19.1 Å². The number of thioether (sulfide) groups is 1. The third-order valence-electron chi connectivity index (χ3n) is 2.88. The van der Waals surface area contributed by atoms with Crippen LogP contribution in [-0.4, -0.2) is 54.3 Å². The molecule has 0 aromatic heterocycles. The predicted molar refractivity (Wildman–Crippen MR) is 66.6 cm³/mol. The first-order valence-corrected chi connectivity index (χ1v) is 6.75. The molecule has 2 aliphatic heterocycles. The molecular weight excluding hydrogens is 256 g/mol. The molecule has 0 aliphatic carbocycles. The summed E-state index contributed by atoms with van der Waals surface area (Å²) in [5.41, 5.74) is 6.80. The highest BCUT2D eigenvalue weighted by atomic mass is 32.2. The summed E-state index contributed by atoms with van der Waals surface area (Å²) < 4.78 is 10.1. The van der Waals surface area contributed by atoms with E-state index in [2.05, 4.69) is 0 Å². The summed E-state index contributed by atoms with van der Waals surface area (Å²) in [5.74, 6) is -0.0802. The van der Waals surface area contributed by atoms with Gasteiger partial charge in [0.2, 0.25) is 5.91 Å². The Morgan fingerprint density at radius 1 is 1.61 bits per heavy atom. The molecule has 1 amide bonds. The lowest BCUT2D eigenvalue weighted by atomic mass is 10.0. The third kappa shape index (κ3) is 2.02. The lowest BCUT2D eigenvalue weighted by Gasteiger charge is -2.48. The van der Waals surface area contributed by atoms with Crippen molar-refractivity contribution in [2.45, 2.75) is 18.3 Å². The van der Waals surface area contributed by atoms with E-state index in [4.69, 9.17) is 15.2 Å². The van der Waals surface area contributed by atoms with Crippen LogP contribution < -0.4 is 5.73 Å². The van der Waals surface area contributed by atoms with Gasteiger partial charge in [-0.3, -0.25) is 9.69 Å². The summed E-state index contributed by atoms with van der Waals surface area (Å²) in [6.45, 7) is 2.31. The normalized spacial score (nSPS) is 26.8. The number of carbonyl (C=O) groups excluding carboxylic acids is 2. The molecule has 6 nitrogen and oxygen atoms in total. The van der Waals surface area contributed by atoms with Crippen LogP contribution in [0.25, 0.3) is 0 Å². The maximum absolute atomic E-state index is 11.9. The topological polar surface area (TPSA) is 81.9 Å². The number of hydrogen-bond acceptors (Lipinski definition) is 6. The molecule has 0 aromatic carbocycles. The third-order valence-corrected chi connectivity index (χ3v) is 4.24. The summed E-state index contributed by atoms with van der Waals surface area (Å²) in [5, 5.41) is -0.155. The van der Waals surface area contributed by atoms with Gasteiger partial charge in [0.15, 0.2) is 0 Å². The van der Waals surface area contributed by atoms with E-state index >= 15 is 0 Å². The molecule has 18 heavy (non-hydrogen) atoms. The Morgan fingerprint density at radius 3 is 2.94 bits per heavy atom. The standard InChI is InChI=1S/C11H16N2O4S/c1-3-17-11(15)8-6(4-16-2)5-18-10-7(12)9(14)13(8)10/h7,10H,3-5,12H2,1-2H3/t7?,10-/m1/s1. The zero-order valence-corrected chi connectivity index (χ0v) is 11.2. The Morgan fingerprint density at radius 2 is 2.33 bits per heavy atom. The highest BCUT2D eigenvalue weighted by Crippen LogP contribution is 2.39. The summed E-state index contributed by atoms with van der Waals surface area (Å²) in [4.78, 5) is 25.2. The molecule has 2 atom stereocenters. The van der Waals surface area contributed by atoms with E-state index in [9.17, 15) is 9.59 Å². The van der Waals surface area contributed by atoms with E-state index in [1.807, 2.05) is 0 Å². The number of fused-ring (bicyclic) bond motifs is 1. The second-order valence-electron chi connectivity index (χ2n) is 4.04. The van der Waals surface area contributed by atoms with Gasteiger partial charge in [-0.05, 0) is 12.5 Å². The monoisotopic (exact) mass is 272 g/mol. The molecule has 1 saturated heterocycles. The van der Waals surface area contributed by atoms with E-state index in [0.29, 0.717) is 18.1 Å². The fourth-order valence-corrected chi connectivity index (χ4v) is 3.33. The molecule has 0 aromatic rings. The van der Waals surface area contributed by atoms with Gasteiger partial charge >= 0.3 is 5.97 Å². The van der Waals surface area contributed by atoms with Gasteiger partial charge in [0.1, 0.15) is 17.1 Å². The molecule has 0 spiro atoms. The molecule has 2 rings (SSSR count). The van der Waals surface area contributed by atoms with Crippen LogP contribution in [0.4, 0.5) is 0 Å². The number of nitrogens with zero attached hydrogens (tertiary/aromatic N) is 1. The quantitative estimate of drug-likeness (QED) is 0.558. The van der Waals surface area contributed by atoms with Crippen molar-refractivity contribution in [2.24, 2.45) is 5.73 Å². The minimum Gasteiger partial charge on any atom is -0.461 e. The second kappa shape index (κ2) is 5.29. The molecule has 0 saturated carbocycles. The lowest BCUT2D eigenvalue weighted by molar-refractivity contribution is -0.150. The average Bonchev–Trinajstić information content (AvgIpc) is 2.37. The first kappa shape index (κ1) is 13.4. The van der Waals surface area contributed by atoms with E-state index < -0.39 is 12.0 Å². The molecule has 1 unspecified atom stereocenters. The fourth-order valence-electron chi connectivity index (χ4n) is 2.05. The number of β-lactam (4-membered cyclic amide) rings is 1. The summed E-state index contributed by atoms with van der Waals surface area (Å²) >= 11 is 1.55. The maximum Gasteiger partial charge on any atom is 0.355 e.